The minimum atomic E-state index is -0.986. The molecule has 2 N–H and O–H groups in total. The molecule has 0 bridgehead atoms. The van der Waals surface area contributed by atoms with Crippen LogP contribution in [-0.2, 0) is 9.59 Å². The Hall–Kier alpha value is -2.69. The maximum atomic E-state index is 10.3. The van der Waals surface area contributed by atoms with Gasteiger partial charge in [0.2, 0.25) is 0 Å². The van der Waals surface area contributed by atoms with Crippen LogP contribution in [-0.4, -0.2) is 27.7 Å². The highest BCUT2D eigenvalue weighted by Crippen LogP contribution is 2.08. The van der Waals surface area contributed by atoms with Gasteiger partial charge in [0, 0.05) is 0 Å². The first kappa shape index (κ1) is 13.4. The molecule has 0 amide bonds. The van der Waals surface area contributed by atoms with E-state index in [-0.39, 0.29) is 22.9 Å². The van der Waals surface area contributed by atoms with Crippen LogP contribution in [0.1, 0.15) is 10.4 Å². The van der Waals surface area contributed by atoms with Crippen LogP contribution >= 0.6 is 0 Å². The molecule has 5 nitrogen and oxygen atoms in total. The van der Waals surface area contributed by atoms with Crippen LogP contribution in [0.4, 0.5) is 0 Å². The second kappa shape index (κ2) is 6.15. The second-order valence-electron chi connectivity index (χ2n) is 3.32. The van der Waals surface area contributed by atoms with Gasteiger partial charge >= 0.3 is 5.97 Å². The average molecular weight is 246 g/mol. The van der Waals surface area contributed by atoms with E-state index in [4.69, 9.17) is 10.2 Å². The minimum Gasteiger partial charge on any atom is -0.508 e. The van der Waals surface area contributed by atoms with Gasteiger partial charge in [-0.1, -0.05) is 0 Å². The van der Waals surface area contributed by atoms with Crippen molar-refractivity contribution in [1.82, 2.24) is 0 Å². The highest BCUT2D eigenvalue weighted by atomic mass is 16.4. The zero-order valence-electron chi connectivity index (χ0n) is 9.24. The molecule has 0 aliphatic heterocycles. The molecule has 0 radical (unpaired) electrons. The van der Waals surface area contributed by atoms with Crippen LogP contribution in [0.5, 0.6) is 5.75 Å². The fourth-order valence-corrected chi connectivity index (χ4v) is 1.04. The molecule has 0 atom stereocenters. The van der Waals surface area contributed by atoms with Gasteiger partial charge in [0.1, 0.15) is 5.75 Å². The summed E-state index contributed by atoms with van der Waals surface area (Å²) in [5.41, 5.74) is 0.179. The Morgan fingerprint density at radius 3 is 1.56 bits per heavy atom. The summed E-state index contributed by atoms with van der Waals surface area (Å²) in [4.78, 5) is 30.8. The van der Waals surface area contributed by atoms with Crippen LogP contribution in [0.25, 0.3) is 0 Å². The monoisotopic (exact) mass is 246 g/mol. The Kier molecular flexibility index (Phi) is 4.57. The molecule has 0 saturated heterocycles. The van der Waals surface area contributed by atoms with Gasteiger partial charge in [-0.15, -0.1) is 0 Å². The summed E-state index contributed by atoms with van der Waals surface area (Å²) in [6.45, 7) is 0. The molecule has 1 aliphatic carbocycles. The molecule has 0 saturated carbocycles. The van der Waals surface area contributed by atoms with Crippen molar-refractivity contribution in [3.05, 3.63) is 54.1 Å². The third kappa shape index (κ3) is 4.44. The Bertz CT molecular complexity index is 485. The first-order chi connectivity index (χ1) is 8.49. The number of ketones is 2. The van der Waals surface area contributed by atoms with E-state index in [9.17, 15) is 14.4 Å². The summed E-state index contributed by atoms with van der Waals surface area (Å²) in [6.07, 6.45) is 5.01. The van der Waals surface area contributed by atoms with Gasteiger partial charge in [-0.3, -0.25) is 9.59 Å². The molecule has 0 fully saturated rings. The molecule has 0 aromatic heterocycles. The number of carboxylic acid groups (broad SMARTS) is 1. The first-order valence-corrected chi connectivity index (χ1v) is 4.95. The first-order valence-electron chi connectivity index (χ1n) is 4.95. The lowest BCUT2D eigenvalue weighted by atomic mass is 10.2. The Morgan fingerprint density at radius 1 is 0.833 bits per heavy atom. The van der Waals surface area contributed by atoms with Gasteiger partial charge in [-0.2, -0.15) is 0 Å². The summed E-state index contributed by atoms with van der Waals surface area (Å²) in [5, 5.41) is 17.1. The van der Waals surface area contributed by atoms with Gasteiger partial charge in [-0.05, 0) is 48.6 Å². The topological polar surface area (TPSA) is 91.7 Å². The molecular formula is C13H10O5. The number of aromatic carboxylic acids is 1. The lowest BCUT2D eigenvalue weighted by Gasteiger charge is -1.92. The van der Waals surface area contributed by atoms with Crippen molar-refractivity contribution in [2.24, 2.45) is 0 Å². The number of aromatic hydroxyl groups is 1. The Morgan fingerprint density at radius 2 is 1.22 bits per heavy atom. The summed E-state index contributed by atoms with van der Waals surface area (Å²) in [6, 6.07) is 5.36. The number of allylic oxidation sites excluding steroid dienone is 4. The van der Waals surface area contributed by atoms with E-state index in [0.29, 0.717) is 0 Å². The van der Waals surface area contributed by atoms with E-state index in [1.807, 2.05) is 0 Å². The Balaban J connectivity index is 0.000000184. The van der Waals surface area contributed by atoms with Crippen LogP contribution in [0, 0.1) is 0 Å². The summed E-state index contributed by atoms with van der Waals surface area (Å²) in [5.74, 6) is -1.15. The standard InChI is InChI=1S/C7H6O3.C6H4O2/c8-6-3-1-5(2-4-6)7(9)10;7-5-1-2-6(8)4-3-5/h1-4,8H,(H,9,10);1-4H. The Labute approximate surface area is 103 Å². The van der Waals surface area contributed by atoms with E-state index in [1.165, 1.54) is 48.6 Å². The van der Waals surface area contributed by atoms with Crippen LogP contribution in [0.15, 0.2) is 48.6 Å². The fraction of sp³-hybridized carbons (Fsp3) is 0. The highest BCUT2D eigenvalue weighted by Gasteiger charge is 1.99. The molecule has 92 valence electrons. The number of hydrogen-bond acceptors (Lipinski definition) is 4. The average Bonchev–Trinajstić information content (AvgIpc) is 2.34. The molecular weight excluding hydrogens is 236 g/mol. The van der Waals surface area contributed by atoms with Crippen molar-refractivity contribution >= 4 is 17.5 Å². The van der Waals surface area contributed by atoms with Crippen molar-refractivity contribution in [2.45, 2.75) is 0 Å². The SMILES string of the molecule is O=C(O)c1ccc(O)cc1.O=C1C=CC(=O)C=C1. The lowest BCUT2D eigenvalue weighted by molar-refractivity contribution is -0.113. The quantitative estimate of drug-likeness (QED) is 0.729. The van der Waals surface area contributed by atoms with Crippen molar-refractivity contribution < 1.29 is 24.6 Å². The molecule has 1 aromatic rings. The van der Waals surface area contributed by atoms with E-state index in [1.54, 1.807) is 0 Å². The number of carbonyl (C=O) groups excluding carboxylic acids is 2. The summed E-state index contributed by atoms with van der Waals surface area (Å²) in [7, 11) is 0. The molecule has 0 spiro atoms. The number of carboxylic acids is 1. The zero-order valence-corrected chi connectivity index (χ0v) is 9.24. The van der Waals surface area contributed by atoms with Gasteiger partial charge in [0.15, 0.2) is 11.6 Å². The maximum Gasteiger partial charge on any atom is 0.335 e. The summed E-state index contributed by atoms with van der Waals surface area (Å²) < 4.78 is 0. The van der Waals surface area contributed by atoms with Gasteiger partial charge in [0.25, 0.3) is 0 Å². The lowest BCUT2D eigenvalue weighted by Crippen LogP contribution is -1.97. The smallest absolute Gasteiger partial charge is 0.335 e. The summed E-state index contributed by atoms with van der Waals surface area (Å²) >= 11 is 0. The normalized spacial score (nSPS) is 12.9. The third-order valence-corrected chi connectivity index (χ3v) is 1.94. The van der Waals surface area contributed by atoms with Crippen molar-refractivity contribution in [1.29, 1.82) is 0 Å². The van der Waals surface area contributed by atoms with Crippen LogP contribution in [0.2, 0.25) is 0 Å². The molecule has 0 unspecified atom stereocenters. The van der Waals surface area contributed by atoms with Crippen LogP contribution < -0.4 is 0 Å². The van der Waals surface area contributed by atoms with E-state index >= 15 is 0 Å². The van der Waals surface area contributed by atoms with Crippen molar-refractivity contribution in [3.8, 4) is 5.75 Å². The van der Waals surface area contributed by atoms with Crippen LogP contribution in [0.3, 0.4) is 0 Å². The molecule has 1 aliphatic rings. The molecule has 2 rings (SSSR count). The molecule has 1 aromatic carbocycles. The molecule has 18 heavy (non-hydrogen) atoms. The number of phenolic OH excluding ortho intramolecular Hbond substituents is 1. The van der Waals surface area contributed by atoms with Crippen molar-refractivity contribution in [3.63, 3.8) is 0 Å². The predicted molar refractivity (Wildman–Crippen MR) is 63.4 cm³/mol. The third-order valence-electron chi connectivity index (χ3n) is 1.94. The minimum absolute atomic E-state index is 0.0741. The van der Waals surface area contributed by atoms with E-state index in [0.717, 1.165) is 0 Å². The zero-order chi connectivity index (χ0) is 13.5. The van der Waals surface area contributed by atoms with E-state index in [2.05, 4.69) is 0 Å². The maximum absolute atomic E-state index is 10.3. The highest BCUT2D eigenvalue weighted by molar-refractivity contribution is 6.14. The number of phenols is 1. The fourth-order valence-electron chi connectivity index (χ4n) is 1.04. The second-order valence-corrected chi connectivity index (χ2v) is 3.32. The van der Waals surface area contributed by atoms with E-state index < -0.39 is 5.97 Å². The predicted octanol–water partition coefficient (Wildman–Crippen LogP) is 1.34. The largest absolute Gasteiger partial charge is 0.508 e. The molecule has 5 heteroatoms. The van der Waals surface area contributed by atoms with Gasteiger partial charge in [-0.25, -0.2) is 4.79 Å². The van der Waals surface area contributed by atoms with Crippen molar-refractivity contribution in [2.75, 3.05) is 0 Å². The number of hydrogen-bond donors (Lipinski definition) is 2. The number of rotatable bonds is 1. The van der Waals surface area contributed by atoms with Gasteiger partial charge in [0.05, 0.1) is 5.56 Å². The van der Waals surface area contributed by atoms with Gasteiger partial charge < -0.3 is 10.2 Å². The number of carbonyl (C=O) groups is 3. The number of benzene rings is 1. The molecule has 0 heterocycles.